The number of rotatable bonds is 57. The van der Waals surface area contributed by atoms with E-state index in [4.69, 9.17) is 0 Å². The van der Waals surface area contributed by atoms with Gasteiger partial charge in [0.2, 0.25) is 0 Å². The molecule has 4 unspecified atom stereocenters. The third-order valence-electron chi connectivity index (χ3n) is 14.3. The van der Waals surface area contributed by atoms with Crippen molar-refractivity contribution < 1.29 is 30.0 Å². The first-order valence-corrected chi connectivity index (χ1v) is 32.6. The number of hydrogen-bond donors (Lipinski definition) is 4. The summed E-state index contributed by atoms with van der Waals surface area (Å²) >= 11 is 2.69. The third kappa shape index (κ3) is 51.3. The first kappa shape index (κ1) is 69.8. The van der Waals surface area contributed by atoms with Gasteiger partial charge >= 0.3 is 0 Å². The first-order valence-electron chi connectivity index (χ1n) is 30.6. The Labute approximate surface area is 444 Å². The topological polar surface area (TPSA) is 122 Å². The van der Waals surface area contributed by atoms with Crippen molar-refractivity contribution in [3.8, 4) is 0 Å². The van der Waals surface area contributed by atoms with E-state index in [9.17, 15) is 30.0 Å². The smallest absolute Gasteiger partial charge is 0.188 e. The Hall–Kier alpha value is -0.200. The fourth-order valence-corrected chi connectivity index (χ4v) is 11.5. The minimum atomic E-state index is -0.385. The van der Waals surface area contributed by atoms with Crippen LogP contribution in [0.15, 0.2) is 0 Å². The average Bonchev–Trinajstić information content (AvgIpc) is 3.33. The van der Waals surface area contributed by atoms with Crippen LogP contribution in [-0.4, -0.2) is 116 Å². The van der Waals surface area contributed by atoms with Crippen LogP contribution in [0, 0.1) is 0 Å². The van der Waals surface area contributed by atoms with E-state index in [0.717, 1.165) is 90.1 Å². The Kier molecular flexibility index (Phi) is 54.9. The lowest BCUT2D eigenvalue weighted by Gasteiger charge is -2.27. The van der Waals surface area contributed by atoms with Gasteiger partial charge in [0, 0.05) is 50.5 Å². The molecular weight excluding hydrogens is 909 g/mol. The van der Waals surface area contributed by atoms with Gasteiger partial charge in [0.25, 0.3) is 0 Å². The largest absolute Gasteiger partial charge is 0.392 e. The van der Waals surface area contributed by atoms with Crippen LogP contribution >= 0.6 is 23.5 Å². The van der Waals surface area contributed by atoms with Crippen molar-refractivity contribution in [2.75, 3.05) is 50.8 Å². The van der Waals surface area contributed by atoms with Crippen molar-refractivity contribution in [2.45, 2.75) is 322 Å². The number of carbonyl (C=O) groups excluding carboxylic acids is 2. The molecule has 0 fully saturated rings. The van der Waals surface area contributed by atoms with Crippen LogP contribution in [0.2, 0.25) is 0 Å². The Balaban J connectivity index is 4.67. The minimum absolute atomic E-state index is 0.179. The molecule has 4 N–H and O–H groups in total. The van der Waals surface area contributed by atoms with Gasteiger partial charge in [0.05, 0.1) is 24.4 Å². The van der Waals surface area contributed by atoms with Crippen LogP contribution in [0.25, 0.3) is 0 Å². The lowest BCUT2D eigenvalue weighted by atomic mass is 10.0. The fourth-order valence-electron chi connectivity index (χ4n) is 9.79. The molecule has 0 saturated heterocycles. The Bertz CT molecular complexity index is 952. The van der Waals surface area contributed by atoms with E-state index in [2.05, 4.69) is 37.5 Å². The van der Waals surface area contributed by atoms with Crippen molar-refractivity contribution in [3.63, 3.8) is 0 Å². The molecule has 0 aliphatic heterocycles. The highest BCUT2D eigenvalue weighted by molar-refractivity contribution is 8.16. The highest BCUT2D eigenvalue weighted by atomic mass is 32.2. The number of nitrogens with zero attached hydrogens (tertiary/aromatic N) is 2. The van der Waals surface area contributed by atoms with Crippen molar-refractivity contribution in [3.05, 3.63) is 0 Å². The summed E-state index contributed by atoms with van der Waals surface area (Å²) in [6, 6.07) is 0. The van der Waals surface area contributed by atoms with Crippen molar-refractivity contribution in [1.29, 1.82) is 0 Å². The molecule has 418 valence electrons. The zero-order chi connectivity index (χ0) is 51.4. The van der Waals surface area contributed by atoms with Gasteiger partial charge in [-0.15, -0.1) is 0 Å². The van der Waals surface area contributed by atoms with E-state index in [0.29, 0.717) is 50.5 Å². The summed E-state index contributed by atoms with van der Waals surface area (Å²) in [5, 5.41) is 44.3. The molecule has 0 aliphatic carbocycles. The predicted octanol–water partition coefficient (Wildman–Crippen LogP) is 16.0. The second-order valence-electron chi connectivity index (χ2n) is 21.5. The zero-order valence-corrected chi connectivity index (χ0v) is 48.6. The van der Waals surface area contributed by atoms with Crippen molar-refractivity contribution in [1.82, 2.24) is 9.80 Å². The van der Waals surface area contributed by atoms with E-state index in [1.54, 1.807) is 0 Å². The van der Waals surface area contributed by atoms with E-state index in [1.807, 2.05) is 0 Å². The molecular formula is C60H120N2O6S2. The molecule has 0 aromatic rings. The van der Waals surface area contributed by atoms with Crippen LogP contribution in [0.4, 0.5) is 0 Å². The Morgan fingerprint density at radius 1 is 0.314 bits per heavy atom. The van der Waals surface area contributed by atoms with Gasteiger partial charge < -0.3 is 20.4 Å². The van der Waals surface area contributed by atoms with Crippen LogP contribution < -0.4 is 0 Å². The quantitative estimate of drug-likeness (QED) is 0.0438. The third-order valence-corrected chi connectivity index (χ3v) is 16.4. The second-order valence-corrected chi connectivity index (χ2v) is 23.8. The SMILES string of the molecule is CCCCCCCCCCC(O)CN(CCCCC(=O)SCCSC(=O)CCCCN(CC(O)CCCCCCCCCC)CC(O)CCCCCCCCCC)CC(O)CCCCCCCCCC. The maximum atomic E-state index is 12.8. The molecule has 0 aromatic heterocycles. The predicted molar refractivity (Wildman–Crippen MR) is 308 cm³/mol. The number of carbonyl (C=O) groups is 2. The highest BCUT2D eigenvalue weighted by Gasteiger charge is 2.18. The Morgan fingerprint density at radius 3 is 0.757 bits per heavy atom. The molecule has 0 aromatic carbocycles. The molecule has 0 aliphatic rings. The standard InChI is InChI=1S/C60H120N2O6S2/c1-5-9-13-17-21-25-29-33-41-55(63)51-61(52-56(64)42-34-30-26-22-18-14-10-6-2)47-39-37-45-59(67)69-49-50-70-60(68)46-38-40-48-62(53-57(65)43-35-31-27-23-19-15-11-7-3)54-58(66)44-36-32-28-24-20-16-12-8-4/h55-58,63-66H,5-54H2,1-4H3. The molecule has 0 spiro atoms. The summed E-state index contributed by atoms with van der Waals surface area (Å²) < 4.78 is 0. The Morgan fingerprint density at radius 2 is 0.529 bits per heavy atom. The molecule has 0 bridgehead atoms. The van der Waals surface area contributed by atoms with Gasteiger partial charge in [-0.2, -0.15) is 0 Å². The zero-order valence-electron chi connectivity index (χ0n) is 47.0. The molecule has 4 atom stereocenters. The number of unbranched alkanes of at least 4 members (excludes halogenated alkanes) is 30. The van der Waals surface area contributed by atoms with E-state index < -0.39 is 0 Å². The molecule has 8 nitrogen and oxygen atoms in total. The van der Waals surface area contributed by atoms with Crippen LogP contribution in [0.3, 0.4) is 0 Å². The molecule has 0 radical (unpaired) electrons. The number of aliphatic hydroxyl groups excluding tert-OH is 4. The lowest BCUT2D eigenvalue weighted by molar-refractivity contribution is -0.111. The fraction of sp³-hybridized carbons (Fsp3) is 0.967. The lowest BCUT2D eigenvalue weighted by Crippen LogP contribution is -2.38. The molecule has 0 heterocycles. The van der Waals surface area contributed by atoms with Gasteiger partial charge in [0.15, 0.2) is 10.2 Å². The monoisotopic (exact) mass is 1030 g/mol. The first-order chi connectivity index (χ1) is 34.1. The molecule has 10 heteroatoms. The summed E-state index contributed by atoms with van der Waals surface area (Å²) in [6.45, 7) is 12.9. The van der Waals surface area contributed by atoms with Crippen molar-refractivity contribution >= 4 is 33.8 Å². The molecule has 70 heavy (non-hydrogen) atoms. The van der Waals surface area contributed by atoms with Gasteiger partial charge in [-0.1, -0.05) is 257 Å². The summed E-state index contributed by atoms with van der Waals surface area (Å²) in [5.41, 5.74) is 0. The van der Waals surface area contributed by atoms with Gasteiger partial charge in [-0.05, 0) is 64.5 Å². The highest BCUT2D eigenvalue weighted by Crippen LogP contribution is 2.19. The summed E-state index contributed by atoms with van der Waals surface area (Å²) in [7, 11) is 0. The normalized spacial score (nSPS) is 13.7. The van der Waals surface area contributed by atoms with Gasteiger partial charge in [-0.3, -0.25) is 19.4 Å². The van der Waals surface area contributed by atoms with Crippen LogP contribution in [0.5, 0.6) is 0 Å². The summed E-state index contributed by atoms with van der Waals surface area (Å²) in [6.07, 6.45) is 46.1. The van der Waals surface area contributed by atoms with E-state index in [-0.39, 0.29) is 34.6 Å². The average molecular weight is 1030 g/mol. The second kappa shape index (κ2) is 55.0. The molecule has 0 amide bonds. The van der Waals surface area contributed by atoms with Crippen LogP contribution in [-0.2, 0) is 9.59 Å². The van der Waals surface area contributed by atoms with E-state index in [1.165, 1.54) is 203 Å². The van der Waals surface area contributed by atoms with Crippen LogP contribution in [0.1, 0.15) is 297 Å². The molecule has 0 rings (SSSR count). The van der Waals surface area contributed by atoms with Gasteiger partial charge in [0.1, 0.15) is 0 Å². The molecule has 0 saturated carbocycles. The number of hydrogen-bond acceptors (Lipinski definition) is 10. The van der Waals surface area contributed by atoms with Gasteiger partial charge in [-0.25, -0.2) is 0 Å². The van der Waals surface area contributed by atoms with Crippen molar-refractivity contribution in [2.24, 2.45) is 0 Å². The van der Waals surface area contributed by atoms with E-state index >= 15 is 0 Å². The number of thioether (sulfide) groups is 2. The maximum absolute atomic E-state index is 12.8. The number of aliphatic hydroxyl groups is 4. The maximum Gasteiger partial charge on any atom is 0.188 e. The summed E-state index contributed by atoms with van der Waals surface area (Å²) in [4.78, 5) is 30.1. The summed E-state index contributed by atoms with van der Waals surface area (Å²) in [5.74, 6) is 1.27. The minimum Gasteiger partial charge on any atom is -0.392 e.